The van der Waals surface area contributed by atoms with Gasteiger partial charge in [0.1, 0.15) is 0 Å². The summed E-state index contributed by atoms with van der Waals surface area (Å²) in [6, 6.07) is 6.90. The lowest BCUT2D eigenvalue weighted by atomic mass is 9.86. The van der Waals surface area contributed by atoms with Gasteiger partial charge in [-0.1, -0.05) is 32.0 Å². The van der Waals surface area contributed by atoms with Gasteiger partial charge in [0.05, 0.1) is 0 Å². The molecule has 0 aliphatic carbocycles. The van der Waals surface area contributed by atoms with Gasteiger partial charge < -0.3 is 5.32 Å². The molecule has 2 nitrogen and oxygen atoms in total. The number of carbonyl (C=O) groups excluding carboxylic acids is 1. The molecule has 1 aromatic carbocycles. The summed E-state index contributed by atoms with van der Waals surface area (Å²) in [5, 5.41) is 3.13. The van der Waals surface area contributed by atoms with E-state index in [0.29, 0.717) is 24.3 Å². The van der Waals surface area contributed by atoms with E-state index in [9.17, 15) is 4.79 Å². The summed E-state index contributed by atoms with van der Waals surface area (Å²) in [5.74, 6) is 1.16. The van der Waals surface area contributed by atoms with E-state index in [2.05, 4.69) is 51.2 Å². The number of benzene rings is 1. The number of nitrogens with one attached hydrogen (secondary N) is 1. The number of carbonyl (C=O) groups is 1. The van der Waals surface area contributed by atoms with Gasteiger partial charge in [0.15, 0.2) is 0 Å². The molecular formula is C16H23NO. The summed E-state index contributed by atoms with van der Waals surface area (Å²) >= 11 is 0. The Kier molecular flexibility index (Phi) is 3.74. The van der Waals surface area contributed by atoms with Gasteiger partial charge in [-0.05, 0) is 42.9 Å². The van der Waals surface area contributed by atoms with Crippen LogP contribution in [-0.4, -0.2) is 11.9 Å². The fourth-order valence-corrected chi connectivity index (χ4v) is 2.78. The summed E-state index contributed by atoms with van der Waals surface area (Å²) in [4.78, 5) is 11.7. The first-order chi connectivity index (χ1) is 8.47. The smallest absolute Gasteiger partial charge is 0.220 e. The average molecular weight is 245 g/mol. The van der Waals surface area contributed by atoms with Crippen molar-refractivity contribution in [3.8, 4) is 0 Å². The average Bonchev–Trinajstić information content (AvgIpc) is 2.62. The fraction of sp³-hybridized carbons (Fsp3) is 0.562. The van der Waals surface area contributed by atoms with Gasteiger partial charge in [-0.25, -0.2) is 0 Å². The van der Waals surface area contributed by atoms with E-state index in [4.69, 9.17) is 0 Å². The molecule has 1 aliphatic rings. The quantitative estimate of drug-likeness (QED) is 0.869. The first kappa shape index (κ1) is 13.1. The van der Waals surface area contributed by atoms with Crippen LogP contribution >= 0.6 is 0 Å². The van der Waals surface area contributed by atoms with Gasteiger partial charge in [-0.2, -0.15) is 0 Å². The lowest BCUT2D eigenvalue weighted by molar-refractivity contribution is -0.119. The number of aryl methyl sites for hydroxylation is 2. The third-order valence-electron chi connectivity index (χ3n) is 3.92. The van der Waals surface area contributed by atoms with Crippen LogP contribution in [0.1, 0.15) is 49.3 Å². The minimum absolute atomic E-state index is 0.198. The topological polar surface area (TPSA) is 29.1 Å². The maximum atomic E-state index is 11.7. The van der Waals surface area contributed by atoms with Crippen LogP contribution in [0.4, 0.5) is 0 Å². The molecule has 0 radical (unpaired) electrons. The zero-order chi connectivity index (χ0) is 13.3. The van der Waals surface area contributed by atoms with Crippen LogP contribution in [0.3, 0.4) is 0 Å². The molecule has 1 aromatic rings. The molecule has 1 amide bonds. The molecule has 1 N–H and O–H groups in total. The summed E-state index contributed by atoms with van der Waals surface area (Å²) in [5.41, 5.74) is 3.94. The number of amides is 1. The van der Waals surface area contributed by atoms with Crippen LogP contribution in [-0.2, 0) is 4.79 Å². The Morgan fingerprint density at radius 1 is 1.28 bits per heavy atom. The molecule has 1 saturated heterocycles. The van der Waals surface area contributed by atoms with Gasteiger partial charge in [0.25, 0.3) is 0 Å². The summed E-state index contributed by atoms with van der Waals surface area (Å²) in [7, 11) is 0. The van der Waals surface area contributed by atoms with E-state index >= 15 is 0 Å². The third-order valence-corrected chi connectivity index (χ3v) is 3.92. The van der Waals surface area contributed by atoms with E-state index in [1.165, 1.54) is 16.7 Å². The molecule has 0 aromatic heterocycles. The van der Waals surface area contributed by atoms with Crippen LogP contribution in [0.15, 0.2) is 18.2 Å². The van der Waals surface area contributed by atoms with Gasteiger partial charge in [0.2, 0.25) is 5.91 Å². The fourth-order valence-electron chi connectivity index (χ4n) is 2.78. The molecule has 2 rings (SSSR count). The van der Waals surface area contributed by atoms with Crippen LogP contribution in [0.25, 0.3) is 0 Å². The molecule has 0 bridgehead atoms. The molecule has 1 aliphatic heterocycles. The third kappa shape index (κ3) is 2.74. The summed E-state index contributed by atoms with van der Waals surface area (Å²) in [6.07, 6.45) is 1.70. The minimum Gasteiger partial charge on any atom is -0.353 e. The van der Waals surface area contributed by atoms with Crippen molar-refractivity contribution in [2.24, 2.45) is 5.92 Å². The van der Waals surface area contributed by atoms with Gasteiger partial charge >= 0.3 is 0 Å². The Morgan fingerprint density at radius 3 is 2.61 bits per heavy atom. The van der Waals surface area contributed by atoms with Gasteiger partial charge in [-0.3, -0.25) is 4.79 Å². The van der Waals surface area contributed by atoms with Crippen LogP contribution < -0.4 is 5.32 Å². The summed E-state index contributed by atoms with van der Waals surface area (Å²) < 4.78 is 0. The van der Waals surface area contributed by atoms with Crippen molar-refractivity contribution in [3.05, 3.63) is 34.9 Å². The molecule has 1 fully saturated rings. The Bertz CT molecular complexity index is 450. The lowest BCUT2D eigenvalue weighted by Crippen LogP contribution is -2.29. The highest BCUT2D eigenvalue weighted by molar-refractivity contribution is 5.80. The number of hydrogen-bond acceptors (Lipinski definition) is 1. The molecule has 2 atom stereocenters. The van der Waals surface area contributed by atoms with Crippen LogP contribution in [0.2, 0.25) is 0 Å². The standard InChI is InChI=1S/C16H23NO/c1-10(2)7-15-14(9-16(18)17-15)13-6-5-11(3)12(4)8-13/h5-6,8,10,14-15H,7,9H2,1-4H3,(H,17,18). The number of rotatable bonds is 3. The zero-order valence-electron chi connectivity index (χ0n) is 11.8. The van der Waals surface area contributed by atoms with Crippen molar-refractivity contribution < 1.29 is 4.79 Å². The first-order valence-corrected chi connectivity index (χ1v) is 6.84. The molecule has 0 saturated carbocycles. The Balaban J connectivity index is 2.24. The van der Waals surface area contributed by atoms with E-state index in [1.54, 1.807) is 0 Å². The molecule has 18 heavy (non-hydrogen) atoms. The summed E-state index contributed by atoms with van der Waals surface area (Å²) in [6.45, 7) is 8.69. The predicted molar refractivity (Wildman–Crippen MR) is 74.7 cm³/mol. The zero-order valence-corrected chi connectivity index (χ0v) is 11.8. The lowest BCUT2D eigenvalue weighted by Gasteiger charge is -2.21. The molecule has 0 spiro atoms. The van der Waals surface area contributed by atoms with Crippen LogP contribution in [0, 0.1) is 19.8 Å². The van der Waals surface area contributed by atoms with E-state index in [-0.39, 0.29) is 5.91 Å². The minimum atomic E-state index is 0.198. The molecule has 98 valence electrons. The monoisotopic (exact) mass is 245 g/mol. The normalized spacial score (nSPS) is 23.5. The molecule has 2 unspecified atom stereocenters. The van der Waals surface area contributed by atoms with E-state index < -0.39 is 0 Å². The van der Waals surface area contributed by atoms with Crippen molar-refractivity contribution in [1.82, 2.24) is 5.32 Å². The maximum absolute atomic E-state index is 11.7. The second kappa shape index (κ2) is 5.13. The van der Waals surface area contributed by atoms with Gasteiger partial charge in [0, 0.05) is 18.4 Å². The van der Waals surface area contributed by atoms with Gasteiger partial charge in [-0.15, -0.1) is 0 Å². The second-order valence-corrected chi connectivity index (χ2v) is 5.96. The SMILES string of the molecule is Cc1ccc(C2CC(=O)NC2CC(C)C)cc1C. The highest BCUT2D eigenvalue weighted by Gasteiger charge is 2.33. The first-order valence-electron chi connectivity index (χ1n) is 6.84. The molecule has 1 heterocycles. The van der Waals surface area contributed by atoms with Crippen LogP contribution in [0.5, 0.6) is 0 Å². The van der Waals surface area contributed by atoms with Crippen molar-refractivity contribution >= 4 is 5.91 Å². The Labute approximate surface area is 110 Å². The highest BCUT2D eigenvalue weighted by Crippen LogP contribution is 2.32. The highest BCUT2D eigenvalue weighted by atomic mass is 16.2. The van der Waals surface area contributed by atoms with E-state index in [1.807, 2.05) is 0 Å². The largest absolute Gasteiger partial charge is 0.353 e. The number of hydrogen-bond donors (Lipinski definition) is 1. The molecule has 2 heteroatoms. The van der Waals surface area contributed by atoms with Crippen molar-refractivity contribution in [2.75, 3.05) is 0 Å². The Morgan fingerprint density at radius 2 is 2.00 bits per heavy atom. The van der Waals surface area contributed by atoms with E-state index in [0.717, 1.165) is 6.42 Å². The van der Waals surface area contributed by atoms with Crippen molar-refractivity contribution in [3.63, 3.8) is 0 Å². The maximum Gasteiger partial charge on any atom is 0.220 e. The van der Waals surface area contributed by atoms with Crippen molar-refractivity contribution in [2.45, 2.75) is 52.5 Å². The Hall–Kier alpha value is -1.31. The molecular weight excluding hydrogens is 222 g/mol. The van der Waals surface area contributed by atoms with Crippen molar-refractivity contribution in [1.29, 1.82) is 0 Å². The second-order valence-electron chi connectivity index (χ2n) is 5.96. The predicted octanol–water partition coefficient (Wildman–Crippen LogP) is 3.32.